The molecule has 6 aliphatic rings. The van der Waals surface area contributed by atoms with Crippen molar-refractivity contribution in [3.05, 3.63) is 431 Å². The monoisotopic (exact) mass is 1800 g/mol. The highest BCUT2D eigenvalue weighted by Gasteiger charge is 2.49. The lowest BCUT2D eigenvalue weighted by atomic mass is 9.33. The van der Waals surface area contributed by atoms with Gasteiger partial charge < -0.3 is 55.9 Å². The Morgan fingerprint density at radius 1 is 0.149 bits per heavy atom. The summed E-state index contributed by atoms with van der Waals surface area (Å²) in [4.78, 5) is 14.8. The summed E-state index contributed by atoms with van der Waals surface area (Å²) in [6, 6.07) is 157. The molecule has 0 bridgehead atoms. The normalized spacial score (nSPS) is 13.7. The molecule has 12 heterocycles. The van der Waals surface area contributed by atoms with Gasteiger partial charge in [0.2, 0.25) is 0 Å². The van der Waals surface area contributed by atoms with Gasteiger partial charge in [0.1, 0.15) is 55.8 Å². The minimum absolute atomic E-state index is 0.0598. The molecule has 0 unspecified atom stereocenters. The van der Waals surface area contributed by atoms with Crippen LogP contribution in [0.4, 0.5) is 102 Å². The second kappa shape index (κ2) is 28.1. The van der Waals surface area contributed by atoms with Crippen molar-refractivity contribution in [3.8, 4) is 22.3 Å². The third-order valence-corrected chi connectivity index (χ3v) is 31.2. The standard InChI is InChI=1S/C126H71B3N6O6/c1-13-51-110-78(25-1)81-63-60-75(70-117(81)137-110)130-94-37-9-5-33-88(94)128-92-67-72(58-65-98(92)131(103-44-20-43-102(130)121(103)128)76-61-64-82-79-26-2-14-52-111(79)138-118(82)71-76)73-57-62-83-85-31-19-50-109(126(85)141-116(83)69-73)134-97-40-12-8-36-91(97)129-93-68-74(59-66-99(93)135(107-48-22-47-106(134)123(107)129)108-49-18-30-84-80-27-3-15-53-112(80)139-125(84)108)77-29-17-32-87-120-101(42-24-56-115(120)140-124(77)87)133-96-39-11-7-35-90(96)127-89-34-6-10-38-95(89)132(104-45-21-46-105(133)122(104)127)100-41-23-55-114-119(100)86-28-4-16-54-113(86)136-114/h1-71H. The van der Waals surface area contributed by atoms with Gasteiger partial charge in [0.15, 0.2) is 11.2 Å². The number of rotatable bonds is 8. The topological polar surface area (TPSA) is 98.3 Å². The Kier molecular flexibility index (Phi) is 15.1. The lowest BCUT2D eigenvalue weighted by Gasteiger charge is -2.44. The van der Waals surface area contributed by atoms with Crippen LogP contribution in [-0.2, 0) is 0 Å². The van der Waals surface area contributed by atoms with E-state index in [1.807, 2.05) is 12.1 Å². The molecule has 0 aliphatic carbocycles. The molecule has 0 spiro atoms. The van der Waals surface area contributed by atoms with E-state index in [2.05, 4.69) is 448 Å². The van der Waals surface area contributed by atoms with Crippen LogP contribution < -0.4 is 78.6 Å². The van der Waals surface area contributed by atoms with Crippen molar-refractivity contribution in [3.63, 3.8) is 0 Å². The van der Waals surface area contributed by atoms with E-state index in [0.717, 1.165) is 267 Å². The van der Waals surface area contributed by atoms with Crippen molar-refractivity contribution >= 4 is 303 Å². The van der Waals surface area contributed by atoms with Crippen LogP contribution in [0.15, 0.2) is 457 Å². The summed E-state index contributed by atoms with van der Waals surface area (Å²) in [5, 5.41) is 12.8. The Bertz CT molecular complexity index is 10300. The predicted molar refractivity (Wildman–Crippen MR) is 583 cm³/mol. The van der Waals surface area contributed by atoms with Crippen LogP contribution in [0.25, 0.3) is 154 Å². The Balaban J connectivity index is 0.529. The van der Waals surface area contributed by atoms with Gasteiger partial charge in [0.25, 0.3) is 20.1 Å². The number of benzene rings is 21. The maximum absolute atomic E-state index is 7.60. The maximum atomic E-state index is 7.60. The van der Waals surface area contributed by atoms with Crippen molar-refractivity contribution in [2.75, 3.05) is 29.4 Å². The Morgan fingerprint density at radius 3 is 0.965 bits per heavy atom. The molecule has 33 rings (SSSR count). The summed E-state index contributed by atoms with van der Waals surface area (Å²) < 4.78 is 42.2. The van der Waals surface area contributed by atoms with E-state index in [-0.39, 0.29) is 20.1 Å². The summed E-state index contributed by atoms with van der Waals surface area (Å²) >= 11 is 0. The van der Waals surface area contributed by atoms with E-state index >= 15 is 0 Å². The van der Waals surface area contributed by atoms with Crippen molar-refractivity contribution < 1.29 is 26.5 Å². The molecule has 0 atom stereocenters. The molecule has 15 heteroatoms. The largest absolute Gasteiger partial charge is 0.456 e. The lowest BCUT2D eigenvalue weighted by Crippen LogP contribution is -2.61. The highest BCUT2D eigenvalue weighted by Crippen LogP contribution is 2.56. The fourth-order valence-corrected chi connectivity index (χ4v) is 25.5. The molecule has 0 radical (unpaired) electrons. The average Bonchev–Trinajstić information content (AvgIpc) is 1.51. The molecule has 0 saturated heterocycles. The highest BCUT2D eigenvalue weighted by molar-refractivity contribution is 7.02. The van der Waals surface area contributed by atoms with Crippen molar-refractivity contribution in [2.24, 2.45) is 0 Å². The zero-order chi connectivity index (χ0) is 91.4. The molecule has 0 saturated carbocycles. The van der Waals surface area contributed by atoms with Crippen LogP contribution >= 0.6 is 0 Å². The van der Waals surface area contributed by atoms with E-state index in [9.17, 15) is 0 Å². The van der Waals surface area contributed by atoms with Gasteiger partial charge in [-0.3, -0.25) is 0 Å². The van der Waals surface area contributed by atoms with Crippen LogP contribution in [0.2, 0.25) is 0 Å². The smallest absolute Gasteiger partial charge is 0.252 e. The van der Waals surface area contributed by atoms with E-state index < -0.39 is 0 Å². The first-order chi connectivity index (χ1) is 70.0. The predicted octanol–water partition coefficient (Wildman–Crippen LogP) is 28.7. The number of furan rings is 6. The number of anilines is 18. The first-order valence-electron chi connectivity index (χ1n) is 48.3. The molecule has 27 aromatic rings. The fourth-order valence-electron chi connectivity index (χ4n) is 25.5. The van der Waals surface area contributed by atoms with Crippen molar-refractivity contribution in [1.29, 1.82) is 0 Å². The molecule has 6 aliphatic heterocycles. The average molecular weight is 1800 g/mol. The van der Waals surface area contributed by atoms with Gasteiger partial charge in [-0.15, -0.1) is 0 Å². The second-order valence-corrected chi connectivity index (χ2v) is 38.2. The molecule has 0 N–H and O–H groups in total. The highest BCUT2D eigenvalue weighted by atomic mass is 16.4. The Hall–Kier alpha value is -18.6. The summed E-state index contributed by atoms with van der Waals surface area (Å²) in [7, 11) is 0. The minimum Gasteiger partial charge on any atom is -0.456 e. The third kappa shape index (κ3) is 10.3. The molecular weight excluding hydrogens is 1730 g/mol. The number of nitrogens with zero attached hydrogens (tertiary/aromatic N) is 6. The summed E-state index contributed by atoms with van der Waals surface area (Å²) in [6.45, 7) is -0.460. The van der Waals surface area contributed by atoms with Gasteiger partial charge in [0.05, 0.1) is 33.5 Å². The van der Waals surface area contributed by atoms with Crippen LogP contribution in [-0.4, -0.2) is 20.1 Å². The molecule has 0 amide bonds. The number of para-hydroxylation sites is 11. The van der Waals surface area contributed by atoms with Gasteiger partial charge in [-0.05, 0) is 236 Å². The van der Waals surface area contributed by atoms with Crippen LogP contribution in [0.3, 0.4) is 0 Å². The molecule has 650 valence electrons. The zero-order valence-corrected chi connectivity index (χ0v) is 75.4. The first-order valence-corrected chi connectivity index (χ1v) is 48.3. The lowest BCUT2D eigenvalue weighted by molar-refractivity contribution is 0.668. The number of hydrogen-bond acceptors (Lipinski definition) is 12. The van der Waals surface area contributed by atoms with Gasteiger partial charge >= 0.3 is 0 Å². The Morgan fingerprint density at radius 2 is 0.433 bits per heavy atom. The fraction of sp³-hybridized carbons (Fsp3) is 0. The molecule has 12 nitrogen and oxygen atoms in total. The summed E-state index contributed by atoms with van der Waals surface area (Å²) in [5.41, 5.74) is 44.0. The van der Waals surface area contributed by atoms with Gasteiger partial charge in [-0.25, -0.2) is 0 Å². The SMILES string of the molecule is c1ccc2c(c1)B1c3cc(-c4ccc5c(c4)oc4c(N6c7ccccc7B7c8cc(-c9cccc%10c9oc9cccc(N%11c%12ccccc%12B%12c%13ccccc%13N(c%13cccc%14oc%15ccccc%15c%13%14)c%13cccc%11c%13%12)c9%10)ccc8N(c8cccc9c8oc8ccccc89)c8cccc6c87)cccc45)ccc3N(c3ccc4c(c3)oc3ccccc34)c3cccc(c31)N2c1ccc2c(c1)oc1ccccc12. The van der Waals surface area contributed by atoms with Crippen LogP contribution in [0.5, 0.6) is 0 Å². The van der Waals surface area contributed by atoms with E-state index in [1.165, 1.54) is 38.2 Å². The van der Waals surface area contributed by atoms with E-state index in [0.29, 0.717) is 0 Å². The van der Waals surface area contributed by atoms with Crippen LogP contribution in [0.1, 0.15) is 0 Å². The van der Waals surface area contributed by atoms with E-state index in [4.69, 9.17) is 26.5 Å². The molecule has 6 aromatic heterocycles. The summed E-state index contributed by atoms with van der Waals surface area (Å²) in [6.07, 6.45) is 0. The van der Waals surface area contributed by atoms with Crippen molar-refractivity contribution in [2.45, 2.75) is 0 Å². The van der Waals surface area contributed by atoms with Crippen molar-refractivity contribution in [1.82, 2.24) is 0 Å². The van der Waals surface area contributed by atoms with Crippen LogP contribution in [0, 0.1) is 0 Å². The molecule has 0 fully saturated rings. The van der Waals surface area contributed by atoms with Gasteiger partial charge in [-0.1, -0.05) is 249 Å². The first kappa shape index (κ1) is 75.7. The maximum Gasteiger partial charge on any atom is 0.252 e. The number of hydrogen-bond donors (Lipinski definition) is 0. The molecular formula is C126H71B3N6O6. The van der Waals surface area contributed by atoms with E-state index in [1.54, 1.807) is 0 Å². The quantitative estimate of drug-likeness (QED) is 0.136. The summed E-state index contributed by atoms with van der Waals surface area (Å²) in [5.74, 6) is 0. The molecule has 141 heavy (non-hydrogen) atoms. The van der Waals surface area contributed by atoms with Gasteiger partial charge in [0, 0.05) is 151 Å². The third-order valence-electron chi connectivity index (χ3n) is 31.2. The Labute approximate surface area is 806 Å². The minimum atomic E-state index is -0.248. The second-order valence-electron chi connectivity index (χ2n) is 38.2. The zero-order valence-electron chi connectivity index (χ0n) is 75.4. The van der Waals surface area contributed by atoms with Gasteiger partial charge in [-0.2, -0.15) is 0 Å². The number of fused-ring (bicyclic) bond motifs is 30. The molecule has 21 aromatic carbocycles.